The average Bonchev–Trinajstić information content (AvgIpc) is 2.95. The number of imidazole rings is 1. The molecule has 0 saturated heterocycles. The summed E-state index contributed by atoms with van der Waals surface area (Å²) < 4.78 is 0. The Morgan fingerprint density at radius 3 is 2.75 bits per heavy atom. The van der Waals surface area contributed by atoms with Crippen molar-refractivity contribution in [1.82, 2.24) is 9.97 Å². The summed E-state index contributed by atoms with van der Waals surface area (Å²) in [5, 5.41) is 20.3. The Morgan fingerprint density at radius 1 is 1.29 bits per heavy atom. The van der Waals surface area contributed by atoms with Crippen molar-refractivity contribution in [2.45, 2.75) is 13.8 Å². The molecule has 0 radical (unpaired) electrons. The highest BCUT2D eigenvalue weighted by Gasteiger charge is 2.10. The van der Waals surface area contributed by atoms with Gasteiger partial charge in [-0.05, 0) is 48.7 Å². The van der Waals surface area contributed by atoms with Crippen molar-refractivity contribution >= 4 is 28.4 Å². The SMILES string of the molecule is Cc1cc2nc(C(C#N)=Cc3cccc([N+](=O)[O-])c3)[nH]c2cc1C. The smallest absolute Gasteiger partial charge is 0.270 e. The first kappa shape index (κ1) is 15.4. The Morgan fingerprint density at radius 2 is 2.04 bits per heavy atom. The molecule has 0 spiro atoms. The summed E-state index contributed by atoms with van der Waals surface area (Å²) in [4.78, 5) is 18.0. The molecule has 1 N–H and O–H groups in total. The predicted molar refractivity (Wildman–Crippen MR) is 92.1 cm³/mol. The second-order valence-electron chi connectivity index (χ2n) is 5.56. The Hall–Kier alpha value is -3.46. The number of nitro benzene ring substituents is 1. The summed E-state index contributed by atoms with van der Waals surface area (Å²) in [5.41, 5.74) is 4.79. The molecule has 2 aromatic carbocycles. The number of hydrogen-bond donors (Lipinski definition) is 1. The van der Waals surface area contributed by atoms with Crippen LogP contribution < -0.4 is 0 Å². The molecule has 0 fully saturated rings. The molecule has 0 saturated carbocycles. The maximum atomic E-state index is 10.9. The molecular formula is C18H14N4O2. The molecule has 0 bridgehead atoms. The number of nitriles is 1. The van der Waals surface area contributed by atoms with E-state index in [2.05, 4.69) is 16.0 Å². The van der Waals surface area contributed by atoms with Crippen LogP contribution >= 0.6 is 0 Å². The summed E-state index contributed by atoms with van der Waals surface area (Å²) in [7, 11) is 0. The fourth-order valence-electron chi connectivity index (χ4n) is 2.45. The average molecular weight is 318 g/mol. The van der Waals surface area contributed by atoms with Gasteiger partial charge >= 0.3 is 0 Å². The van der Waals surface area contributed by atoms with Gasteiger partial charge in [0.1, 0.15) is 11.9 Å². The topological polar surface area (TPSA) is 95.6 Å². The van der Waals surface area contributed by atoms with Gasteiger partial charge in [0.25, 0.3) is 5.69 Å². The van der Waals surface area contributed by atoms with Crippen LogP contribution in [0.15, 0.2) is 36.4 Å². The lowest BCUT2D eigenvalue weighted by Gasteiger charge is -1.97. The van der Waals surface area contributed by atoms with Crippen LogP contribution in [0.3, 0.4) is 0 Å². The van der Waals surface area contributed by atoms with E-state index >= 15 is 0 Å². The normalized spacial score (nSPS) is 11.5. The molecule has 1 aromatic heterocycles. The maximum absolute atomic E-state index is 10.9. The highest BCUT2D eigenvalue weighted by Crippen LogP contribution is 2.23. The molecule has 6 heteroatoms. The van der Waals surface area contributed by atoms with Crippen molar-refractivity contribution in [3.63, 3.8) is 0 Å². The predicted octanol–water partition coefficient (Wildman–Crippen LogP) is 4.15. The van der Waals surface area contributed by atoms with Gasteiger partial charge in [-0.25, -0.2) is 4.98 Å². The molecule has 3 rings (SSSR count). The largest absolute Gasteiger partial charge is 0.337 e. The molecule has 6 nitrogen and oxygen atoms in total. The van der Waals surface area contributed by atoms with Gasteiger partial charge in [-0.1, -0.05) is 12.1 Å². The van der Waals surface area contributed by atoms with E-state index in [9.17, 15) is 15.4 Å². The first-order valence-corrected chi connectivity index (χ1v) is 7.31. The van der Waals surface area contributed by atoms with E-state index in [1.165, 1.54) is 12.1 Å². The number of nitrogens with zero attached hydrogens (tertiary/aromatic N) is 3. The molecule has 118 valence electrons. The standard InChI is InChI=1S/C18H14N4O2/c1-11-6-16-17(7-12(11)2)21-18(20-16)14(10-19)8-13-4-3-5-15(9-13)22(23)24/h3-9H,1-2H3,(H,20,21). The van der Waals surface area contributed by atoms with Crippen LogP contribution in [-0.4, -0.2) is 14.9 Å². The van der Waals surface area contributed by atoms with Gasteiger partial charge in [-0.15, -0.1) is 0 Å². The summed E-state index contributed by atoms with van der Waals surface area (Å²) in [5.74, 6) is 0.448. The fourth-order valence-corrected chi connectivity index (χ4v) is 2.45. The number of H-pyrrole nitrogens is 1. The Labute approximate surface area is 138 Å². The number of aryl methyl sites for hydroxylation is 2. The minimum atomic E-state index is -0.462. The number of aromatic nitrogens is 2. The van der Waals surface area contributed by atoms with Crippen molar-refractivity contribution in [2.75, 3.05) is 0 Å². The van der Waals surface area contributed by atoms with Crippen LogP contribution in [0.5, 0.6) is 0 Å². The minimum absolute atomic E-state index is 0.0168. The van der Waals surface area contributed by atoms with Crippen LogP contribution in [-0.2, 0) is 0 Å². The van der Waals surface area contributed by atoms with E-state index in [4.69, 9.17) is 0 Å². The van der Waals surface area contributed by atoms with Gasteiger partial charge in [0, 0.05) is 12.1 Å². The van der Waals surface area contributed by atoms with Crippen molar-refractivity contribution in [3.05, 3.63) is 69.0 Å². The van der Waals surface area contributed by atoms with Gasteiger partial charge < -0.3 is 4.98 Å². The lowest BCUT2D eigenvalue weighted by atomic mass is 10.1. The van der Waals surface area contributed by atoms with Crippen molar-refractivity contribution in [1.29, 1.82) is 5.26 Å². The van der Waals surface area contributed by atoms with Gasteiger partial charge in [0.05, 0.1) is 21.5 Å². The van der Waals surface area contributed by atoms with Gasteiger partial charge in [-0.2, -0.15) is 5.26 Å². The van der Waals surface area contributed by atoms with E-state index in [0.29, 0.717) is 17.0 Å². The third-order valence-corrected chi connectivity index (χ3v) is 3.86. The molecule has 0 aliphatic carbocycles. The zero-order valence-corrected chi connectivity index (χ0v) is 13.2. The minimum Gasteiger partial charge on any atom is -0.337 e. The third kappa shape index (κ3) is 2.88. The highest BCUT2D eigenvalue weighted by atomic mass is 16.6. The van der Waals surface area contributed by atoms with Gasteiger partial charge in [0.2, 0.25) is 0 Å². The van der Waals surface area contributed by atoms with Crippen molar-refractivity contribution in [3.8, 4) is 6.07 Å². The summed E-state index contributed by atoms with van der Waals surface area (Å²) >= 11 is 0. The number of fused-ring (bicyclic) bond motifs is 1. The molecular weight excluding hydrogens is 304 g/mol. The Kier molecular flexibility index (Phi) is 3.84. The number of nitrogens with one attached hydrogen (secondary N) is 1. The number of aromatic amines is 1. The zero-order valence-electron chi connectivity index (χ0n) is 13.2. The maximum Gasteiger partial charge on any atom is 0.270 e. The molecule has 0 atom stereocenters. The van der Waals surface area contributed by atoms with E-state index in [-0.39, 0.29) is 5.69 Å². The number of non-ortho nitro benzene ring substituents is 1. The van der Waals surface area contributed by atoms with Crippen molar-refractivity contribution < 1.29 is 4.92 Å². The first-order valence-electron chi connectivity index (χ1n) is 7.31. The molecule has 0 amide bonds. The molecule has 0 unspecified atom stereocenters. The number of rotatable bonds is 3. The molecule has 1 heterocycles. The monoisotopic (exact) mass is 318 g/mol. The third-order valence-electron chi connectivity index (χ3n) is 3.86. The first-order chi connectivity index (χ1) is 11.5. The second-order valence-corrected chi connectivity index (χ2v) is 5.56. The summed E-state index contributed by atoms with van der Waals surface area (Å²) in [6, 6.07) is 12.2. The Balaban J connectivity index is 2.07. The molecule has 0 aliphatic rings. The molecule has 0 aliphatic heterocycles. The van der Waals surface area contributed by atoms with Crippen LogP contribution in [0.25, 0.3) is 22.7 Å². The van der Waals surface area contributed by atoms with E-state index < -0.39 is 4.92 Å². The highest BCUT2D eigenvalue weighted by molar-refractivity contribution is 5.90. The molecule has 3 aromatic rings. The summed E-state index contributed by atoms with van der Waals surface area (Å²) in [6.07, 6.45) is 1.59. The van der Waals surface area contributed by atoms with Crippen LogP contribution in [0.1, 0.15) is 22.5 Å². The molecule has 24 heavy (non-hydrogen) atoms. The van der Waals surface area contributed by atoms with E-state index in [1.54, 1.807) is 18.2 Å². The van der Waals surface area contributed by atoms with Crippen molar-refractivity contribution in [2.24, 2.45) is 0 Å². The Bertz CT molecular complexity index is 986. The van der Waals surface area contributed by atoms with Crippen LogP contribution in [0.2, 0.25) is 0 Å². The van der Waals surface area contributed by atoms with Crippen LogP contribution in [0.4, 0.5) is 5.69 Å². The van der Waals surface area contributed by atoms with E-state index in [0.717, 1.165) is 22.2 Å². The number of allylic oxidation sites excluding steroid dienone is 1. The van der Waals surface area contributed by atoms with Gasteiger partial charge in [0.15, 0.2) is 0 Å². The quantitative estimate of drug-likeness (QED) is 0.445. The lowest BCUT2D eigenvalue weighted by Crippen LogP contribution is -1.89. The number of hydrogen-bond acceptors (Lipinski definition) is 4. The fraction of sp³-hybridized carbons (Fsp3) is 0.111. The van der Waals surface area contributed by atoms with E-state index in [1.807, 2.05) is 26.0 Å². The van der Waals surface area contributed by atoms with Crippen LogP contribution in [0, 0.1) is 35.3 Å². The zero-order chi connectivity index (χ0) is 17.3. The number of nitro groups is 1. The second kappa shape index (κ2) is 5.97. The number of benzene rings is 2. The van der Waals surface area contributed by atoms with Gasteiger partial charge in [-0.3, -0.25) is 10.1 Å². The summed E-state index contributed by atoms with van der Waals surface area (Å²) in [6.45, 7) is 4.02. The lowest BCUT2D eigenvalue weighted by molar-refractivity contribution is -0.384.